The monoisotopic (exact) mass is 130 g/mol. The molecular weight excluding hydrogens is 116 g/mol. The molecule has 1 heterocycles. The Kier molecular flexibility index (Phi) is 3.01. The molecule has 1 saturated heterocycles. The fraction of sp³-hybridized carbons (Fsp3) is 1.00. The number of methoxy groups -OCH3 is 1. The first-order chi connectivity index (χ1) is 4.43. The second-order valence-electron chi connectivity index (χ2n) is 2.51. The van der Waals surface area contributed by atoms with Crippen LogP contribution in [0.1, 0.15) is 12.8 Å². The maximum absolute atomic E-state index is 5.19. The molecule has 1 fully saturated rings. The number of ether oxygens (including phenoxy) is 2. The summed E-state index contributed by atoms with van der Waals surface area (Å²) in [5.41, 5.74) is 0. The van der Waals surface area contributed by atoms with E-state index in [1.165, 1.54) is 12.8 Å². The van der Waals surface area contributed by atoms with Gasteiger partial charge in [0, 0.05) is 26.9 Å². The predicted octanol–water partition coefficient (Wildman–Crippen LogP) is 1.06. The molecule has 0 atom stereocenters. The molecule has 2 heteroatoms. The normalized spacial score (nSPS) is 22.3. The summed E-state index contributed by atoms with van der Waals surface area (Å²) >= 11 is 0. The van der Waals surface area contributed by atoms with Crippen LogP contribution in [0.4, 0.5) is 0 Å². The standard InChI is InChI=1S/C7H14O2/c1-8-6-7-2-4-9-5-3-7/h7H,2-6H2,1H3. The molecule has 54 valence electrons. The molecule has 0 saturated carbocycles. The largest absolute Gasteiger partial charge is 0.384 e. The zero-order valence-corrected chi connectivity index (χ0v) is 5.93. The second-order valence-corrected chi connectivity index (χ2v) is 2.51. The highest BCUT2D eigenvalue weighted by Crippen LogP contribution is 2.13. The van der Waals surface area contributed by atoms with E-state index in [9.17, 15) is 0 Å². The zero-order valence-electron chi connectivity index (χ0n) is 5.93. The minimum atomic E-state index is 0.753. The lowest BCUT2D eigenvalue weighted by Gasteiger charge is -2.20. The van der Waals surface area contributed by atoms with E-state index >= 15 is 0 Å². The molecule has 0 N–H and O–H groups in total. The van der Waals surface area contributed by atoms with E-state index in [1.54, 1.807) is 7.11 Å². The Labute approximate surface area is 56.2 Å². The highest BCUT2D eigenvalue weighted by Gasteiger charge is 2.12. The molecule has 0 amide bonds. The number of rotatable bonds is 2. The van der Waals surface area contributed by atoms with Crippen molar-refractivity contribution in [3.63, 3.8) is 0 Å². The van der Waals surface area contributed by atoms with Crippen LogP contribution in [0, 0.1) is 5.92 Å². The molecule has 1 aliphatic rings. The first-order valence-corrected chi connectivity index (χ1v) is 3.50. The molecule has 0 aromatic heterocycles. The van der Waals surface area contributed by atoms with E-state index in [2.05, 4.69) is 0 Å². The fourth-order valence-corrected chi connectivity index (χ4v) is 1.15. The molecule has 1 aliphatic heterocycles. The Morgan fingerprint density at radius 1 is 1.44 bits per heavy atom. The summed E-state index contributed by atoms with van der Waals surface area (Å²) in [6.07, 6.45) is 2.35. The minimum Gasteiger partial charge on any atom is -0.384 e. The van der Waals surface area contributed by atoms with Gasteiger partial charge in [0.15, 0.2) is 0 Å². The van der Waals surface area contributed by atoms with Gasteiger partial charge in [-0.25, -0.2) is 0 Å². The van der Waals surface area contributed by atoms with Gasteiger partial charge >= 0.3 is 0 Å². The molecule has 9 heavy (non-hydrogen) atoms. The molecule has 0 aromatic carbocycles. The van der Waals surface area contributed by atoms with Crippen LogP contribution in [0.15, 0.2) is 0 Å². The summed E-state index contributed by atoms with van der Waals surface area (Å²) in [4.78, 5) is 0. The smallest absolute Gasteiger partial charge is 0.0492 e. The van der Waals surface area contributed by atoms with Gasteiger partial charge in [-0.1, -0.05) is 0 Å². The van der Waals surface area contributed by atoms with Crippen LogP contribution >= 0.6 is 0 Å². The van der Waals surface area contributed by atoms with Gasteiger partial charge in [0.25, 0.3) is 0 Å². The quantitative estimate of drug-likeness (QED) is 0.556. The van der Waals surface area contributed by atoms with E-state index in [0.29, 0.717) is 0 Å². The third kappa shape index (κ3) is 2.33. The topological polar surface area (TPSA) is 18.5 Å². The van der Waals surface area contributed by atoms with Crippen molar-refractivity contribution in [1.29, 1.82) is 0 Å². The average Bonchev–Trinajstić information content (AvgIpc) is 1.91. The Balaban J connectivity index is 2.08. The summed E-state index contributed by atoms with van der Waals surface area (Å²) in [6.45, 7) is 2.76. The lowest BCUT2D eigenvalue weighted by molar-refractivity contribution is 0.0343. The van der Waals surface area contributed by atoms with Crippen LogP contribution < -0.4 is 0 Å². The van der Waals surface area contributed by atoms with Crippen LogP contribution in [0.25, 0.3) is 0 Å². The molecule has 0 unspecified atom stereocenters. The Morgan fingerprint density at radius 2 is 2.11 bits per heavy atom. The van der Waals surface area contributed by atoms with Gasteiger partial charge in [-0.15, -0.1) is 0 Å². The van der Waals surface area contributed by atoms with Crippen molar-refractivity contribution in [3.8, 4) is 0 Å². The molecular formula is C7H14O2. The minimum absolute atomic E-state index is 0.753. The lowest BCUT2D eigenvalue weighted by atomic mass is 10.0. The molecule has 0 spiro atoms. The van der Waals surface area contributed by atoms with Crippen molar-refractivity contribution in [1.82, 2.24) is 0 Å². The van der Waals surface area contributed by atoms with Crippen molar-refractivity contribution in [3.05, 3.63) is 0 Å². The Morgan fingerprint density at radius 3 is 2.67 bits per heavy atom. The maximum atomic E-state index is 5.19. The molecule has 0 aliphatic carbocycles. The second kappa shape index (κ2) is 3.85. The summed E-state index contributed by atoms with van der Waals surface area (Å²) in [5.74, 6) is 0.753. The van der Waals surface area contributed by atoms with E-state index in [-0.39, 0.29) is 0 Å². The number of hydrogen-bond donors (Lipinski definition) is 0. The van der Waals surface area contributed by atoms with E-state index in [1.807, 2.05) is 0 Å². The first-order valence-electron chi connectivity index (χ1n) is 3.50. The van der Waals surface area contributed by atoms with Gasteiger partial charge in [0.2, 0.25) is 0 Å². The van der Waals surface area contributed by atoms with Gasteiger partial charge in [0.1, 0.15) is 0 Å². The van der Waals surface area contributed by atoms with E-state index < -0.39 is 0 Å². The van der Waals surface area contributed by atoms with Crippen LogP contribution in [0.3, 0.4) is 0 Å². The van der Waals surface area contributed by atoms with Gasteiger partial charge in [-0.2, -0.15) is 0 Å². The highest BCUT2D eigenvalue weighted by molar-refractivity contribution is 4.61. The zero-order chi connectivity index (χ0) is 6.53. The molecule has 0 bridgehead atoms. The Bertz CT molecular complexity index is 64.6. The molecule has 1 rings (SSSR count). The van der Waals surface area contributed by atoms with E-state index in [0.717, 1.165) is 25.7 Å². The molecule has 0 radical (unpaired) electrons. The van der Waals surface area contributed by atoms with Crippen molar-refractivity contribution >= 4 is 0 Å². The van der Waals surface area contributed by atoms with Crippen molar-refractivity contribution in [2.75, 3.05) is 26.9 Å². The Hall–Kier alpha value is -0.0800. The van der Waals surface area contributed by atoms with Gasteiger partial charge in [-0.3, -0.25) is 0 Å². The van der Waals surface area contributed by atoms with Crippen LogP contribution in [0.5, 0.6) is 0 Å². The van der Waals surface area contributed by atoms with Crippen LogP contribution in [-0.4, -0.2) is 26.9 Å². The summed E-state index contributed by atoms with van der Waals surface area (Å²) in [6, 6.07) is 0. The van der Waals surface area contributed by atoms with Gasteiger partial charge in [-0.05, 0) is 18.8 Å². The molecule has 2 nitrogen and oxygen atoms in total. The lowest BCUT2D eigenvalue weighted by Crippen LogP contribution is -2.19. The average molecular weight is 130 g/mol. The van der Waals surface area contributed by atoms with Gasteiger partial charge in [0.05, 0.1) is 0 Å². The van der Waals surface area contributed by atoms with Crippen molar-refractivity contribution < 1.29 is 9.47 Å². The van der Waals surface area contributed by atoms with Crippen molar-refractivity contribution in [2.45, 2.75) is 12.8 Å². The SMILES string of the molecule is COCC1CCOCC1. The van der Waals surface area contributed by atoms with Crippen molar-refractivity contribution in [2.24, 2.45) is 5.92 Å². The third-order valence-electron chi connectivity index (χ3n) is 1.74. The maximum Gasteiger partial charge on any atom is 0.0492 e. The predicted molar refractivity (Wildman–Crippen MR) is 35.4 cm³/mol. The fourth-order valence-electron chi connectivity index (χ4n) is 1.15. The third-order valence-corrected chi connectivity index (χ3v) is 1.74. The number of hydrogen-bond acceptors (Lipinski definition) is 2. The van der Waals surface area contributed by atoms with Crippen LogP contribution in [0.2, 0.25) is 0 Å². The first kappa shape index (κ1) is 7.03. The van der Waals surface area contributed by atoms with Crippen LogP contribution in [-0.2, 0) is 9.47 Å². The summed E-state index contributed by atoms with van der Waals surface area (Å²) < 4.78 is 10.2. The van der Waals surface area contributed by atoms with E-state index in [4.69, 9.17) is 9.47 Å². The van der Waals surface area contributed by atoms with Gasteiger partial charge < -0.3 is 9.47 Å². The summed E-state index contributed by atoms with van der Waals surface area (Å²) in [7, 11) is 1.76. The highest BCUT2D eigenvalue weighted by atomic mass is 16.5. The summed E-state index contributed by atoms with van der Waals surface area (Å²) in [5, 5.41) is 0. The molecule has 0 aromatic rings.